The van der Waals surface area contributed by atoms with Gasteiger partial charge in [0.05, 0.1) is 17.2 Å². The Labute approximate surface area is 218 Å². The van der Waals surface area contributed by atoms with Crippen molar-refractivity contribution in [2.45, 2.75) is 32.2 Å². The van der Waals surface area contributed by atoms with Gasteiger partial charge in [-0.1, -0.05) is 18.9 Å². The molecule has 0 bridgehead atoms. The topological polar surface area (TPSA) is 95.2 Å². The molecule has 0 radical (unpaired) electrons. The van der Waals surface area contributed by atoms with Gasteiger partial charge in [-0.05, 0) is 77.0 Å². The van der Waals surface area contributed by atoms with E-state index < -0.39 is 0 Å². The Bertz CT molecular complexity index is 1680. The first-order chi connectivity index (χ1) is 18.3. The molecule has 0 unspecified atom stereocenters. The minimum absolute atomic E-state index is 0.728. The zero-order valence-electron chi connectivity index (χ0n) is 20.4. The van der Waals surface area contributed by atoms with E-state index in [9.17, 15) is 0 Å². The Morgan fingerprint density at radius 3 is 2.73 bits per heavy atom. The summed E-state index contributed by atoms with van der Waals surface area (Å²) in [6, 6.07) is 10.7. The van der Waals surface area contributed by atoms with Crippen molar-refractivity contribution in [1.29, 1.82) is 0 Å². The van der Waals surface area contributed by atoms with Crippen LogP contribution in [0.1, 0.15) is 31.2 Å². The number of thiophene rings is 1. The predicted molar refractivity (Wildman–Crippen MR) is 149 cm³/mol. The second kappa shape index (κ2) is 9.53. The van der Waals surface area contributed by atoms with Crippen molar-refractivity contribution in [3.8, 4) is 33.8 Å². The molecule has 0 spiro atoms. The molecule has 1 aliphatic carbocycles. The number of H-pyrrole nitrogens is 2. The van der Waals surface area contributed by atoms with Crippen LogP contribution in [-0.2, 0) is 6.54 Å². The van der Waals surface area contributed by atoms with E-state index in [0.29, 0.717) is 0 Å². The Morgan fingerprint density at radius 2 is 1.84 bits per heavy atom. The third-order valence-electron chi connectivity index (χ3n) is 7.38. The Kier molecular flexibility index (Phi) is 5.75. The molecule has 37 heavy (non-hydrogen) atoms. The number of nitrogens with zero attached hydrogens (tertiary/aromatic N) is 4. The number of hydrogen-bond acceptors (Lipinski definition) is 6. The lowest BCUT2D eigenvalue weighted by Crippen LogP contribution is -2.20. The van der Waals surface area contributed by atoms with E-state index in [1.807, 2.05) is 24.8 Å². The molecule has 1 saturated carbocycles. The zero-order chi connectivity index (χ0) is 24.6. The first-order valence-electron chi connectivity index (χ1n) is 12.8. The molecule has 1 aliphatic rings. The van der Waals surface area contributed by atoms with Gasteiger partial charge in [0.15, 0.2) is 5.82 Å². The van der Waals surface area contributed by atoms with E-state index in [2.05, 4.69) is 71.6 Å². The van der Waals surface area contributed by atoms with Gasteiger partial charge in [0.25, 0.3) is 0 Å². The summed E-state index contributed by atoms with van der Waals surface area (Å²) in [5.74, 6) is 1.55. The lowest BCUT2D eigenvalue weighted by molar-refractivity contribution is 0.489. The third-order valence-corrected chi connectivity index (χ3v) is 8.06. The van der Waals surface area contributed by atoms with Gasteiger partial charge in [-0.3, -0.25) is 15.1 Å². The molecule has 0 amide bonds. The highest BCUT2D eigenvalue weighted by Crippen LogP contribution is 2.33. The largest absolute Gasteiger partial charge is 0.335 e. The van der Waals surface area contributed by atoms with Crippen LogP contribution in [0.2, 0.25) is 0 Å². The number of pyridine rings is 2. The average Bonchev–Trinajstić information content (AvgIpc) is 3.74. The van der Waals surface area contributed by atoms with Crippen LogP contribution in [-0.4, -0.2) is 36.7 Å². The number of nitrogens with one attached hydrogen (secondary N) is 3. The van der Waals surface area contributed by atoms with E-state index >= 15 is 0 Å². The van der Waals surface area contributed by atoms with Gasteiger partial charge in [0, 0.05) is 41.6 Å². The van der Waals surface area contributed by atoms with Gasteiger partial charge in [-0.15, -0.1) is 0 Å². The van der Waals surface area contributed by atoms with Crippen LogP contribution in [0.3, 0.4) is 0 Å². The van der Waals surface area contributed by atoms with Gasteiger partial charge in [-0.2, -0.15) is 16.4 Å². The fraction of sp³-hybridized carbons (Fsp3) is 0.241. The Hall–Kier alpha value is -3.88. The number of hydrogen-bond donors (Lipinski definition) is 3. The molecule has 5 heterocycles. The highest BCUT2D eigenvalue weighted by atomic mass is 32.1. The molecule has 0 saturated heterocycles. The van der Waals surface area contributed by atoms with Crippen molar-refractivity contribution < 1.29 is 0 Å². The maximum absolute atomic E-state index is 4.95. The normalized spacial score (nSPS) is 14.3. The van der Waals surface area contributed by atoms with E-state index in [1.165, 1.54) is 31.2 Å². The molecule has 3 N–H and O–H groups in total. The SMILES string of the molecule is c1cc(-c2cncc3[nH]c(-c4n[nH]c5ccc(-c6cncc(CNCC7CCCC7)c6)cc45)nc23)cs1. The van der Waals surface area contributed by atoms with E-state index in [0.717, 1.165) is 74.7 Å². The fourth-order valence-corrected chi connectivity index (χ4v) is 6.08. The molecule has 8 heteroatoms. The lowest BCUT2D eigenvalue weighted by atomic mass is 10.0. The highest BCUT2D eigenvalue weighted by Gasteiger charge is 2.17. The molecular weight excluding hydrogens is 478 g/mol. The van der Waals surface area contributed by atoms with Crippen molar-refractivity contribution in [3.63, 3.8) is 0 Å². The van der Waals surface area contributed by atoms with Crippen molar-refractivity contribution in [2.24, 2.45) is 5.92 Å². The van der Waals surface area contributed by atoms with Crippen LogP contribution in [0, 0.1) is 5.92 Å². The van der Waals surface area contributed by atoms with Crippen LogP contribution in [0.5, 0.6) is 0 Å². The van der Waals surface area contributed by atoms with Crippen LogP contribution < -0.4 is 5.32 Å². The number of aromatic amines is 2. The lowest BCUT2D eigenvalue weighted by Gasteiger charge is -2.11. The minimum Gasteiger partial charge on any atom is -0.335 e. The summed E-state index contributed by atoms with van der Waals surface area (Å²) in [6.45, 7) is 1.94. The molecule has 1 fully saturated rings. The highest BCUT2D eigenvalue weighted by molar-refractivity contribution is 7.08. The van der Waals surface area contributed by atoms with Crippen LogP contribution >= 0.6 is 11.3 Å². The minimum atomic E-state index is 0.728. The summed E-state index contributed by atoms with van der Waals surface area (Å²) < 4.78 is 0. The summed E-state index contributed by atoms with van der Waals surface area (Å²) in [4.78, 5) is 17.3. The van der Waals surface area contributed by atoms with Crippen LogP contribution in [0.25, 0.3) is 55.7 Å². The smallest absolute Gasteiger partial charge is 0.159 e. The van der Waals surface area contributed by atoms with Crippen molar-refractivity contribution >= 4 is 33.3 Å². The zero-order valence-corrected chi connectivity index (χ0v) is 21.2. The monoisotopic (exact) mass is 505 g/mol. The maximum atomic E-state index is 4.95. The summed E-state index contributed by atoms with van der Waals surface area (Å²) in [7, 11) is 0. The van der Waals surface area contributed by atoms with Crippen molar-refractivity contribution in [1.82, 2.24) is 35.5 Å². The number of aromatic nitrogens is 6. The molecule has 0 atom stereocenters. The molecule has 5 aromatic heterocycles. The Morgan fingerprint density at radius 1 is 0.919 bits per heavy atom. The molecule has 1 aromatic carbocycles. The van der Waals surface area contributed by atoms with Gasteiger partial charge in [0.1, 0.15) is 11.2 Å². The second-order valence-electron chi connectivity index (χ2n) is 9.88. The van der Waals surface area contributed by atoms with Crippen molar-refractivity contribution in [3.05, 3.63) is 71.4 Å². The van der Waals surface area contributed by atoms with E-state index in [-0.39, 0.29) is 0 Å². The summed E-state index contributed by atoms with van der Waals surface area (Å²) in [5.41, 5.74) is 9.12. The summed E-state index contributed by atoms with van der Waals surface area (Å²) in [5, 5.41) is 16.6. The number of benzene rings is 1. The summed E-state index contributed by atoms with van der Waals surface area (Å²) in [6.07, 6.45) is 13.1. The van der Waals surface area contributed by atoms with Gasteiger partial charge < -0.3 is 10.3 Å². The number of imidazole rings is 1. The van der Waals surface area contributed by atoms with Crippen LogP contribution in [0.15, 0.2) is 65.9 Å². The maximum Gasteiger partial charge on any atom is 0.159 e. The van der Waals surface area contributed by atoms with Crippen molar-refractivity contribution in [2.75, 3.05) is 6.54 Å². The molecule has 6 aromatic rings. The first-order valence-corrected chi connectivity index (χ1v) is 13.8. The quantitative estimate of drug-likeness (QED) is 0.228. The van der Waals surface area contributed by atoms with Gasteiger partial charge >= 0.3 is 0 Å². The van der Waals surface area contributed by atoms with E-state index in [4.69, 9.17) is 4.98 Å². The fourth-order valence-electron chi connectivity index (χ4n) is 5.43. The predicted octanol–water partition coefficient (Wildman–Crippen LogP) is 6.57. The second-order valence-corrected chi connectivity index (χ2v) is 10.7. The average molecular weight is 506 g/mol. The van der Waals surface area contributed by atoms with Gasteiger partial charge in [-0.25, -0.2) is 4.98 Å². The standard InChI is InChI=1S/C29H27N7S/c1-2-4-18(3-1)11-30-12-19-9-22(14-31-13-19)20-5-6-25-23(10-20)28(36-35-25)29-33-26-16-32-15-24(27(26)34-29)21-7-8-37-17-21/h5-10,13-18,30H,1-4,11-12H2,(H,33,34)(H,35,36). The number of rotatable bonds is 7. The Balaban J connectivity index is 1.20. The first kappa shape index (κ1) is 22.3. The molecular formula is C29H27N7S. The molecule has 7 nitrogen and oxygen atoms in total. The molecule has 184 valence electrons. The van der Waals surface area contributed by atoms with Crippen LogP contribution in [0.4, 0.5) is 0 Å². The molecule has 0 aliphatic heterocycles. The molecule has 7 rings (SSSR count). The third kappa shape index (κ3) is 4.32. The van der Waals surface area contributed by atoms with Gasteiger partial charge in [0.2, 0.25) is 0 Å². The summed E-state index contributed by atoms with van der Waals surface area (Å²) >= 11 is 1.67. The van der Waals surface area contributed by atoms with E-state index in [1.54, 1.807) is 11.3 Å². The number of fused-ring (bicyclic) bond motifs is 2.